The van der Waals surface area contributed by atoms with Crippen molar-refractivity contribution in [3.05, 3.63) is 71.8 Å². The molecular weight excluding hydrogens is 305 g/mol. The minimum Gasteiger partial charge on any atom is -0.331 e. The third kappa shape index (κ3) is 3.62. The Morgan fingerprint density at radius 1 is 1.29 bits per heavy atom. The van der Waals surface area contributed by atoms with E-state index < -0.39 is 0 Å². The van der Waals surface area contributed by atoms with Crippen molar-refractivity contribution in [1.29, 1.82) is 0 Å². The summed E-state index contributed by atoms with van der Waals surface area (Å²) in [7, 11) is 0. The Morgan fingerprint density at radius 3 is 2.79 bits per heavy atom. The van der Waals surface area contributed by atoms with Crippen molar-refractivity contribution in [1.82, 2.24) is 15.2 Å². The smallest absolute Gasteiger partial charge is 0.318 e. The first-order valence-corrected chi connectivity index (χ1v) is 8.04. The first kappa shape index (κ1) is 16.2. The van der Waals surface area contributed by atoms with Crippen LogP contribution in [0.5, 0.6) is 0 Å². The van der Waals surface area contributed by atoms with Crippen molar-refractivity contribution < 1.29 is 9.18 Å². The number of aromatic nitrogens is 1. The summed E-state index contributed by atoms with van der Waals surface area (Å²) in [5.41, 5.74) is 2.55. The van der Waals surface area contributed by atoms with Crippen molar-refractivity contribution in [2.45, 2.75) is 19.4 Å². The van der Waals surface area contributed by atoms with E-state index in [9.17, 15) is 9.18 Å². The Bertz CT molecular complexity index is 745. The molecule has 3 rings (SSSR count). The van der Waals surface area contributed by atoms with Crippen LogP contribution in [0.15, 0.2) is 54.9 Å². The molecule has 0 saturated carbocycles. The molecule has 1 atom stereocenters. The van der Waals surface area contributed by atoms with E-state index >= 15 is 0 Å². The number of nitrogens with one attached hydrogen (secondary N) is 1. The van der Waals surface area contributed by atoms with Gasteiger partial charge in [0.05, 0.1) is 6.04 Å². The van der Waals surface area contributed by atoms with Crippen LogP contribution in [0.1, 0.15) is 30.5 Å². The number of hydrogen-bond donors (Lipinski definition) is 1. The summed E-state index contributed by atoms with van der Waals surface area (Å²) < 4.78 is 13.8. The quantitative estimate of drug-likeness (QED) is 0.933. The molecule has 0 fully saturated rings. The number of pyridine rings is 1. The van der Waals surface area contributed by atoms with Gasteiger partial charge in [-0.2, -0.15) is 0 Å². The second-order valence-corrected chi connectivity index (χ2v) is 5.86. The summed E-state index contributed by atoms with van der Waals surface area (Å²) in [4.78, 5) is 18.2. The van der Waals surface area contributed by atoms with E-state index in [2.05, 4.69) is 10.3 Å². The summed E-state index contributed by atoms with van der Waals surface area (Å²) in [5, 5.41) is 2.98. The van der Waals surface area contributed by atoms with E-state index in [1.807, 2.05) is 31.2 Å². The molecule has 1 aliphatic heterocycles. The Balaban J connectivity index is 1.62. The lowest BCUT2D eigenvalue weighted by Gasteiger charge is -2.28. The molecule has 1 aliphatic rings. The van der Waals surface area contributed by atoms with Gasteiger partial charge in [-0.15, -0.1) is 0 Å². The topological polar surface area (TPSA) is 45.2 Å². The normalized spacial score (nSPS) is 15.6. The first-order chi connectivity index (χ1) is 11.6. The SMILES string of the molecule is C[C@@H](NC(=O)N1CC=C(c2ccccc2F)CC1)c1cccnc1. The van der Waals surface area contributed by atoms with E-state index in [1.165, 1.54) is 6.07 Å². The van der Waals surface area contributed by atoms with Crippen LogP contribution in [0.4, 0.5) is 9.18 Å². The van der Waals surface area contributed by atoms with Gasteiger partial charge in [0.15, 0.2) is 0 Å². The fraction of sp³-hybridized carbons (Fsp3) is 0.263. The van der Waals surface area contributed by atoms with Gasteiger partial charge >= 0.3 is 6.03 Å². The van der Waals surface area contributed by atoms with Crippen molar-refractivity contribution in [3.63, 3.8) is 0 Å². The summed E-state index contributed by atoms with van der Waals surface area (Å²) in [6.45, 7) is 2.99. The number of hydrogen-bond acceptors (Lipinski definition) is 2. The third-order valence-electron chi connectivity index (χ3n) is 4.24. The summed E-state index contributed by atoms with van der Waals surface area (Å²) in [6.07, 6.45) is 6.03. The number of halogens is 1. The van der Waals surface area contributed by atoms with Crippen molar-refractivity contribution in [3.8, 4) is 0 Å². The fourth-order valence-electron chi connectivity index (χ4n) is 2.81. The highest BCUT2D eigenvalue weighted by Gasteiger charge is 2.20. The molecule has 124 valence electrons. The van der Waals surface area contributed by atoms with Crippen LogP contribution >= 0.6 is 0 Å². The zero-order valence-electron chi connectivity index (χ0n) is 13.6. The van der Waals surface area contributed by atoms with Gasteiger partial charge in [0.1, 0.15) is 5.82 Å². The van der Waals surface area contributed by atoms with Gasteiger partial charge in [0.25, 0.3) is 0 Å². The third-order valence-corrected chi connectivity index (χ3v) is 4.24. The molecule has 1 aromatic heterocycles. The Kier molecular flexibility index (Phi) is 4.89. The van der Waals surface area contributed by atoms with E-state index in [4.69, 9.17) is 0 Å². The van der Waals surface area contributed by atoms with Gasteiger partial charge in [0.2, 0.25) is 0 Å². The average Bonchev–Trinajstić information content (AvgIpc) is 2.63. The van der Waals surface area contributed by atoms with E-state index in [1.54, 1.807) is 29.4 Å². The van der Waals surface area contributed by atoms with Crippen LogP contribution in [0.3, 0.4) is 0 Å². The van der Waals surface area contributed by atoms with E-state index in [0.29, 0.717) is 25.1 Å². The lowest BCUT2D eigenvalue weighted by Crippen LogP contribution is -2.43. The van der Waals surface area contributed by atoms with Crippen LogP contribution in [-0.4, -0.2) is 29.0 Å². The Labute approximate surface area is 141 Å². The summed E-state index contributed by atoms with van der Waals surface area (Å²) >= 11 is 0. The maximum atomic E-state index is 13.8. The number of nitrogens with zero attached hydrogens (tertiary/aromatic N) is 2. The van der Waals surface area contributed by atoms with Gasteiger partial charge in [-0.05, 0) is 36.6 Å². The molecule has 0 aliphatic carbocycles. The van der Waals surface area contributed by atoms with Gasteiger partial charge < -0.3 is 10.2 Å². The highest BCUT2D eigenvalue weighted by molar-refractivity contribution is 5.77. The summed E-state index contributed by atoms with van der Waals surface area (Å²) in [6, 6.07) is 10.3. The molecule has 1 N–H and O–H groups in total. The van der Waals surface area contributed by atoms with Crippen molar-refractivity contribution in [2.24, 2.45) is 0 Å². The van der Waals surface area contributed by atoms with Crippen molar-refractivity contribution in [2.75, 3.05) is 13.1 Å². The predicted molar refractivity (Wildman–Crippen MR) is 91.8 cm³/mol. The van der Waals surface area contributed by atoms with Crippen LogP contribution in [0.2, 0.25) is 0 Å². The van der Waals surface area contributed by atoms with Crippen LogP contribution in [0.25, 0.3) is 5.57 Å². The molecule has 0 radical (unpaired) electrons. The van der Waals surface area contributed by atoms with Crippen molar-refractivity contribution >= 4 is 11.6 Å². The van der Waals surface area contributed by atoms with Gasteiger partial charge in [-0.25, -0.2) is 9.18 Å². The molecule has 0 spiro atoms. The largest absolute Gasteiger partial charge is 0.331 e. The number of urea groups is 1. The second kappa shape index (κ2) is 7.25. The molecule has 0 bridgehead atoms. The number of carbonyl (C=O) groups excluding carboxylic acids is 1. The lowest BCUT2D eigenvalue weighted by atomic mass is 9.99. The molecule has 24 heavy (non-hydrogen) atoms. The van der Waals surface area contributed by atoms with E-state index in [-0.39, 0.29) is 17.9 Å². The predicted octanol–water partition coefficient (Wildman–Crippen LogP) is 3.78. The highest BCUT2D eigenvalue weighted by Crippen LogP contribution is 2.24. The standard InChI is InChI=1S/C19H20FN3O/c1-14(16-5-4-10-21-13-16)22-19(24)23-11-8-15(9-12-23)17-6-2-3-7-18(17)20/h2-8,10,13-14H,9,11-12H2,1H3,(H,22,24)/t14-/m1/s1. The maximum Gasteiger partial charge on any atom is 0.318 e. The van der Waals surface area contributed by atoms with Crippen LogP contribution in [0, 0.1) is 5.82 Å². The highest BCUT2D eigenvalue weighted by atomic mass is 19.1. The molecule has 0 saturated heterocycles. The first-order valence-electron chi connectivity index (χ1n) is 8.04. The number of rotatable bonds is 3. The zero-order chi connectivity index (χ0) is 16.9. The van der Waals surface area contributed by atoms with Crippen LogP contribution < -0.4 is 5.32 Å². The lowest BCUT2D eigenvalue weighted by molar-refractivity contribution is 0.199. The monoisotopic (exact) mass is 325 g/mol. The van der Waals surface area contributed by atoms with Gasteiger partial charge in [-0.3, -0.25) is 4.98 Å². The average molecular weight is 325 g/mol. The minimum absolute atomic E-state index is 0.108. The summed E-state index contributed by atoms with van der Waals surface area (Å²) in [5.74, 6) is -0.216. The van der Waals surface area contributed by atoms with Gasteiger partial charge in [-0.1, -0.05) is 30.3 Å². The molecule has 5 heteroatoms. The number of amides is 2. The van der Waals surface area contributed by atoms with Crippen LogP contribution in [-0.2, 0) is 0 Å². The van der Waals surface area contributed by atoms with Gasteiger partial charge in [0, 0.05) is 31.0 Å². The minimum atomic E-state index is -0.216. The number of benzene rings is 1. The second-order valence-electron chi connectivity index (χ2n) is 5.86. The molecule has 0 unspecified atom stereocenters. The zero-order valence-corrected chi connectivity index (χ0v) is 13.6. The molecule has 2 aromatic rings. The Morgan fingerprint density at radius 2 is 2.12 bits per heavy atom. The Hall–Kier alpha value is -2.69. The molecular formula is C19H20FN3O. The number of carbonyl (C=O) groups is 1. The molecule has 2 heterocycles. The molecule has 2 amide bonds. The fourth-order valence-corrected chi connectivity index (χ4v) is 2.81. The molecule has 4 nitrogen and oxygen atoms in total. The molecule has 1 aromatic carbocycles. The van der Waals surface area contributed by atoms with E-state index in [0.717, 1.165) is 11.1 Å². The maximum absolute atomic E-state index is 13.8.